The molecule has 0 aromatic carbocycles. The molecule has 4 heteroatoms. The van der Waals surface area contributed by atoms with Crippen molar-refractivity contribution in [2.24, 2.45) is 0 Å². The van der Waals surface area contributed by atoms with Crippen molar-refractivity contribution in [2.45, 2.75) is 58.2 Å². The van der Waals surface area contributed by atoms with Gasteiger partial charge < -0.3 is 10.4 Å². The first kappa shape index (κ1) is 13.5. The molecule has 0 saturated carbocycles. The van der Waals surface area contributed by atoms with Crippen molar-refractivity contribution in [2.75, 3.05) is 13.1 Å². The van der Waals surface area contributed by atoms with E-state index >= 15 is 0 Å². The number of nitrogens with zero attached hydrogens (tertiary/aromatic N) is 1. The number of nitrogens with one attached hydrogen (secondary N) is 1. The van der Waals surface area contributed by atoms with Crippen LogP contribution in [0.25, 0.3) is 0 Å². The molecule has 94 valence electrons. The molecule has 1 aliphatic rings. The third-order valence-electron chi connectivity index (χ3n) is 3.56. The van der Waals surface area contributed by atoms with Gasteiger partial charge in [0.05, 0.1) is 6.42 Å². The Balaban J connectivity index is 2.66. The second-order valence-electron chi connectivity index (χ2n) is 5.40. The van der Waals surface area contributed by atoms with Crippen LogP contribution in [-0.2, 0) is 4.79 Å². The summed E-state index contributed by atoms with van der Waals surface area (Å²) < 4.78 is 0. The number of carboxylic acids is 1. The molecule has 0 spiro atoms. The van der Waals surface area contributed by atoms with Gasteiger partial charge >= 0.3 is 5.97 Å². The minimum absolute atomic E-state index is 0.0829. The molecule has 2 N–H and O–H groups in total. The summed E-state index contributed by atoms with van der Waals surface area (Å²) in [7, 11) is 0. The van der Waals surface area contributed by atoms with E-state index in [9.17, 15) is 4.79 Å². The van der Waals surface area contributed by atoms with Crippen LogP contribution in [0.15, 0.2) is 0 Å². The standard InChI is InChI=1S/C12H24N2O2/c1-5-9(2)14-7-10(6-11(15)16)13-8-12(14,3)4/h9-10,13H,5-8H2,1-4H3,(H,15,16). The van der Waals surface area contributed by atoms with Gasteiger partial charge in [-0.15, -0.1) is 0 Å². The van der Waals surface area contributed by atoms with Crippen molar-refractivity contribution < 1.29 is 9.90 Å². The lowest BCUT2D eigenvalue weighted by atomic mass is 9.93. The van der Waals surface area contributed by atoms with E-state index in [1.54, 1.807) is 0 Å². The Bertz CT molecular complexity index is 253. The van der Waals surface area contributed by atoms with Crippen LogP contribution < -0.4 is 5.32 Å². The van der Waals surface area contributed by atoms with E-state index in [-0.39, 0.29) is 18.0 Å². The maximum absolute atomic E-state index is 10.7. The molecule has 1 fully saturated rings. The average molecular weight is 228 g/mol. The smallest absolute Gasteiger partial charge is 0.304 e. The quantitative estimate of drug-likeness (QED) is 0.762. The fraction of sp³-hybridized carbons (Fsp3) is 0.917. The molecule has 2 unspecified atom stereocenters. The first-order valence-electron chi connectivity index (χ1n) is 6.08. The molecule has 4 nitrogen and oxygen atoms in total. The van der Waals surface area contributed by atoms with Crippen LogP contribution in [0.4, 0.5) is 0 Å². The highest BCUT2D eigenvalue weighted by molar-refractivity contribution is 5.67. The molecule has 0 radical (unpaired) electrons. The van der Waals surface area contributed by atoms with Gasteiger partial charge in [0, 0.05) is 30.7 Å². The SMILES string of the molecule is CCC(C)N1CC(CC(=O)O)NCC1(C)C. The molecule has 1 aliphatic heterocycles. The number of hydrogen-bond acceptors (Lipinski definition) is 3. The van der Waals surface area contributed by atoms with Crippen LogP contribution in [0.3, 0.4) is 0 Å². The number of rotatable bonds is 4. The molecule has 1 heterocycles. The lowest BCUT2D eigenvalue weighted by Gasteiger charge is -2.48. The molecule has 0 bridgehead atoms. The topological polar surface area (TPSA) is 52.6 Å². The second-order valence-corrected chi connectivity index (χ2v) is 5.40. The number of carboxylic acid groups (broad SMARTS) is 1. The predicted octanol–water partition coefficient (Wildman–Crippen LogP) is 1.31. The highest BCUT2D eigenvalue weighted by Gasteiger charge is 2.36. The van der Waals surface area contributed by atoms with Gasteiger partial charge in [-0.3, -0.25) is 9.69 Å². The molecule has 2 atom stereocenters. The Morgan fingerprint density at radius 3 is 2.75 bits per heavy atom. The molecular weight excluding hydrogens is 204 g/mol. The van der Waals surface area contributed by atoms with Crippen LogP contribution in [0.2, 0.25) is 0 Å². The van der Waals surface area contributed by atoms with Gasteiger partial charge in [0.1, 0.15) is 0 Å². The largest absolute Gasteiger partial charge is 0.481 e. The summed E-state index contributed by atoms with van der Waals surface area (Å²) in [6.07, 6.45) is 1.31. The fourth-order valence-corrected chi connectivity index (χ4v) is 2.39. The minimum atomic E-state index is -0.721. The fourth-order valence-electron chi connectivity index (χ4n) is 2.39. The van der Waals surface area contributed by atoms with Crippen LogP contribution in [0.1, 0.15) is 40.5 Å². The first-order chi connectivity index (χ1) is 7.36. The molecule has 1 rings (SSSR count). The summed E-state index contributed by atoms with van der Waals surface area (Å²) in [4.78, 5) is 13.1. The summed E-state index contributed by atoms with van der Waals surface area (Å²) in [6, 6.07) is 0.591. The summed E-state index contributed by atoms with van der Waals surface area (Å²) in [5.74, 6) is -0.721. The Kier molecular flexibility index (Phi) is 4.33. The summed E-state index contributed by atoms with van der Waals surface area (Å²) in [5, 5.41) is 12.1. The third kappa shape index (κ3) is 3.19. The third-order valence-corrected chi connectivity index (χ3v) is 3.56. The Hall–Kier alpha value is -0.610. The zero-order valence-corrected chi connectivity index (χ0v) is 10.8. The first-order valence-corrected chi connectivity index (χ1v) is 6.08. The van der Waals surface area contributed by atoms with Crippen molar-refractivity contribution in [3.63, 3.8) is 0 Å². The summed E-state index contributed by atoms with van der Waals surface area (Å²) in [6.45, 7) is 10.5. The van der Waals surface area contributed by atoms with E-state index in [1.807, 2.05) is 0 Å². The highest BCUT2D eigenvalue weighted by Crippen LogP contribution is 2.23. The van der Waals surface area contributed by atoms with Gasteiger partial charge in [-0.2, -0.15) is 0 Å². The Labute approximate surface area is 98.0 Å². The zero-order chi connectivity index (χ0) is 12.3. The van der Waals surface area contributed by atoms with Crippen molar-refractivity contribution in [3.8, 4) is 0 Å². The lowest BCUT2D eigenvalue weighted by Crippen LogP contribution is -2.64. The normalized spacial score (nSPS) is 27.6. The van der Waals surface area contributed by atoms with E-state index in [0.29, 0.717) is 6.04 Å². The van der Waals surface area contributed by atoms with E-state index in [4.69, 9.17) is 5.11 Å². The van der Waals surface area contributed by atoms with Crippen molar-refractivity contribution in [1.29, 1.82) is 0 Å². The molecular formula is C12H24N2O2. The van der Waals surface area contributed by atoms with Crippen LogP contribution in [0, 0.1) is 0 Å². The van der Waals surface area contributed by atoms with Crippen LogP contribution in [-0.4, -0.2) is 46.7 Å². The highest BCUT2D eigenvalue weighted by atomic mass is 16.4. The maximum Gasteiger partial charge on any atom is 0.304 e. The molecule has 16 heavy (non-hydrogen) atoms. The summed E-state index contributed by atoms with van der Waals surface area (Å²) >= 11 is 0. The van der Waals surface area contributed by atoms with Crippen LogP contribution >= 0.6 is 0 Å². The van der Waals surface area contributed by atoms with Crippen molar-refractivity contribution >= 4 is 5.97 Å². The molecule has 0 amide bonds. The van der Waals surface area contributed by atoms with Gasteiger partial charge in [-0.05, 0) is 27.2 Å². The molecule has 1 saturated heterocycles. The zero-order valence-electron chi connectivity index (χ0n) is 10.8. The van der Waals surface area contributed by atoms with E-state index in [2.05, 4.69) is 37.9 Å². The number of hydrogen-bond donors (Lipinski definition) is 2. The number of carbonyl (C=O) groups is 1. The number of aliphatic carboxylic acids is 1. The molecule has 0 aliphatic carbocycles. The van der Waals surface area contributed by atoms with E-state index < -0.39 is 5.97 Å². The molecule has 0 aromatic rings. The monoisotopic (exact) mass is 228 g/mol. The van der Waals surface area contributed by atoms with Gasteiger partial charge in [0.2, 0.25) is 0 Å². The predicted molar refractivity (Wildman–Crippen MR) is 64.6 cm³/mol. The van der Waals surface area contributed by atoms with Crippen molar-refractivity contribution in [3.05, 3.63) is 0 Å². The maximum atomic E-state index is 10.7. The van der Waals surface area contributed by atoms with E-state index in [1.165, 1.54) is 0 Å². The average Bonchev–Trinajstić information content (AvgIpc) is 2.19. The van der Waals surface area contributed by atoms with Gasteiger partial charge in [0.25, 0.3) is 0 Å². The van der Waals surface area contributed by atoms with E-state index in [0.717, 1.165) is 19.5 Å². The van der Waals surface area contributed by atoms with Gasteiger partial charge in [0.15, 0.2) is 0 Å². The van der Waals surface area contributed by atoms with Crippen LogP contribution in [0.5, 0.6) is 0 Å². The minimum Gasteiger partial charge on any atom is -0.481 e. The van der Waals surface area contributed by atoms with Gasteiger partial charge in [-0.1, -0.05) is 6.92 Å². The number of piperazine rings is 1. The van der Waals surface area contributed by atoms with Gasteiger partial charge in [-0.25, -0.2) is 0 Å². The molecule has 0 aromatic heterocycles. The Morgan fingerprint density at radius 2 is 2.25 bits per heavy atom. The van der Waals surface area contributed by atoms with Crippen molar-refractivity contribution in [1.82, 2.24) is 10.2 Å². The summed E-state index contributed by atoms with van der Waals surface area (Å²) in [5.41, 5.74) is 0.116. The lowest BCUT2D eigenvalue weighted by molar-refractivity contribution is -0.138. The Morgan fingerprint density at radius 1 is 1.62 bits per heavy atom. The second kappa shape index (κ2) is 5.15.